The van der Waals surface area contributed by atoms with Crippen molar-refractivity contribution in [2.45, 2.75) is 38.8 Å². The smallest absolute Gasteiger partial charge is 0.191 e. The maximum absolute atomic E-state index is 13.6. The minimum atomic E-state index is -0.345. The quantitative estimate of drug-likeness (QED) is 0.370. The fraction of sp³-hybridized carbons (Fsp3) is 0.611. The van der Waals surface area contributed by atoms with Crippen LogP contribution in [0.3, 0.4) is 0 Å². The Morgan fingerprint density at radius 3 is 2.80 bits per heavy atom. The number of halogens is 2. The van der Waals surface area contributed by atoms with Gasteiger partial charge in [-0.05, 0) is 52.4 Å². The van der Waals surface area contributed by atoms with Gasteiger partial charge in [-0.3, -0.25) is 0 Å². The van der Waals surface area contributed by atoms with E-state index in [1.54, 1.807) is 18.2 Å². The molecular weight excluding hydrogens is 434 g/mol. The van der Waals surface area contributed by atoms with E-state index >= 15 is 0 Å². The maximum atomic E-state index is 13.6. The van der Waals surface area contributed by atoms with E-state index < -0.39 is 0 Å². The molecule has 1 fully saturated rings. The zero-order valence-corrected chi connectivity index (χ0v) is 17.6. The molecule has 1 heterocycles. The number of likely N-dealkylation sites (tertiary alicyclic amines) is 1. The summed E-state index contributed by atoms with van der Waals surface area (Å²) in [6.07, 6.45) is 2.27. The van der Waals surface area contributed by atoms with Gasteiger partial charge in [0.1, 0.15) is 6.10 Å². The van der Waals surface area contributed by atoms with E-state index in [2.05, 4.69) is 27.6 Å². The third-order valence-corrected chi connectivity index (χ3v) is 4.19. The van der Waals surface area contributed by atoms with E-state index in [0.717, 1.165) is 25.6 Å². The second-order valence-electron chi connectivity index (χ2n) is 6.24. The molecule has 0 aromatic heterocycles. The first-order valence-electron chi connectivity index (χ1n) is 8.73. The Kier molecular flexibility index (Phi) is 10.1. The first-order chi connectivity index (χ1) is 11.6. The van der Waals surface area contributed by atoms with Gasteiger partial charge >= 0.3 is 0 Å². The van der Waals surface area contributed by atoms with Crippen molar-refractivity contribution < 1.29 is 9.13 Å². The van der Waals surface area contributed by atoms with Gasteiger partial charge < -0.3 is 20.3 Å². The highest BCUT2D eigenvalue weighted by molar-refractivity contribution is 14.0. The lowest BCUT2D eigenvalue weighted by Crippen LogP contribution is -2.44. The standard InChI is InChI=1S/C18H29FN4O.HI/c1-4-20-18(22-13-15-8-7-11-23(15)3)21-12-14(2)24-17-10-6-5-9-16(17)19;/h5-6,9-10,14-15H,4,7-8,11-13H2,1-3H3,(H2,20,21,22);1H. The molecule has 0 aliphatic carbocycles. The molecule has 5 nitrogen and oxygen atoms in total. The topological polar surface area (TPSA) is 48.9 Å². The lowest BCUT2D eigenvalue weighted by atomic mass is 10.2. The number of hydrogen-bond donors (Lipinski definition) is 2. The Bertz CT molecular complexity index is 544. The van der Waals surface area contributed by atoms with Gasteiger partial charge in [0, 0.05) is 19.1 Å². The van der Waals surface area contributed by atoms with Crippen LogP contribution in [0.4, 0.5) is 4.39 Å². The molecule has 1 aromatic carbocycles. The molecule has 1 saturated heterocycles. The summed E-state index contributed by atoms with van der Waals surface area (Å²) in [6.45, 7) is 7.24. The van der Waals surface area contributed by atoms with Crippen LogP contribution >= 0.6 is 24.0 Å². The van der Waals surface area contributed by atoms with Crippen molar-refractivity contribution in [3.8, 4) is 5.75 Å². The average Bonchev–Trinajstić information content (AvgIpc) is 2.97. The number of ether oxygens (including phenoxy) is 1. The summed E-state index contributed by atoms with van der Waals surface area (Å²) < 4.78 is 19.2. The molecule has 0 bridgehead atoms. The molecular formula is C18H30FIN4O. The lowest BCUT2D eigenvalue weighted by molar-refractivity contribution is 0.220. The summed E-state index contributed by atoms with van der Waals surface area (Å²) in [5.74, 6) is 0.704. The van der Waals surface area contributed by atoms with Crippen LogP contribution in [0.5, 0.6) is 5.75 Å². The third-order valence-electron chi connectivity index (χ3n) is 4.19. The van der Waals surface area contributed by atoms with E-state index in [1.165, 1.54) is 18.9 Å². The van der Waals surface area contributed by atoms with Crippen molar-refractivity contribution in [2.24, 2.45) is 4.99 Å². The first-order valence-corrected chi connectivity index (χ1v) is 8.73. The molecule has 1 aliphatic rings. The van der Waals surface area contributed by atoms with E-state index in [0.29, 0.717) is 12.6 Å². The molecule has 0 saturated carbocycles. The Morgan fingerprint density at radius 2 is 2.16 bits per heavy atom. The van der Waals surface area contributed by atoms with Crippen molar-refractivity contribution >= 4 is 29.9 Å². The molecule has 0 spiro atoms. The van der Waals surface area contributed by atoms with Crippen LogP contribution in [-0.2, 0) is 0 Å². The summed E-state index contributed by atoms with van der Waals surface area (Å²) in [4.78, 5) is 6.93. The van der Waals surface area contributed by atoms with E-state index in [4.69, 9.17) is 4.74 Å². The fourth-order valence-corrected chi connectivity index (χ4v) is 2.81. The van der Waals surface area contributed by atoms with Crippen molar-refractivity contribution in [3.63, 3.8) is 0 Å². The Morgan fingerprint density at radius 1 is 1.40 bits per heavy atom. The third kappa shape index (κ3) is 7.35. The number of para-hydroxylation sites is 1. The number of aliphatic imine (C=N–C) groups is 1. The van der Waals surface area contributed by atoms with Crippen LogP contribution in [0.25, 0.3) is 0 Å². The molecule has 1 aromatic rings. The maximum Gasteiger partial charge on any atom is 0.191 e. The predicted molar refractivity (Wildman–Crippen MR) is 112 cm³/mol. The van der Waals surface area contributed by atoms with Gasteiger partial charge in [-0.2, -0.15) is 0 Å². The van der Waals surface area contributed by atoms with Gasteiger partial charge in [0.25, 0.3) is 0 Å². The Labute approximate surface area is 167 Å². The predicted octanol–water partition coefficient (Wildman–Crippen LogP) is 2.86. The van der Waals surface area contributed by atoms with Crippen molar-refractivity contribution in [2.75, 3.05) is 33.2 Å². The summed E-state index contributed by atoms with van der Waals surface area (Å²) in [5, 5.41) is 6.63. The summed E-state index contributed by atoms with van der Waals surface area (Å²) in [7, 11) is 2.16. The number of nitrogens with one attached hydrogen (secondary N) is 2. The zero-order valence-electron chi connectivity index (χ0n) is 15.3. The van der Waals surface area contributed by atoms with Crippen LogP contribution in [0.15, 0.2) is 29.3 Å². The number of benzene rings is 1. The Balaban J connectivity index is 0.00000312. The number of nitrogens with zero attached hydrogens (tertiary/aromatic N) is 2. The van der Waals surface area contributed by atoms with Gasteiger partial charge in [-0.25, -0.2) is 9.38 Å². The van der Waals surface area contributed by atoms with Crippen LogP contribution in [0.2, 0.25) is 0 Å². The normalized spacial score (nSPS) is 19.2. The lowest BCUT2D eigenvalue weighted by Gasteiger charge is -2.21. The molecule has 7 heteroatoms. The molecule has 1 aliphatic heterocycles. The average molecular weight is 464 g/mol. The molecule has 2 atom stereocenters. The summed E-state index contributed by atoms with van der Waals surface area (Å²) >= 11 is 0. The van der Waals surface area contributed by atoms with E-state index in [1.807, 2.05) is 13.8 Å². The molecule has 0 radical (unpaired) electrons. The van der Waals surface area contributed by atoms with Gasteiger partial charge in [0.05, 0.1) is 6.54 Å². The van der Waals surface area contributed by atoms with Crippen molar-refractivity contribution in [1.82, 2.24) is 15.5 Å². The SMILES string of the molecule is CCNC(=NCC(C)Oc1ccccc1F)NCC1CCCN1C.I. The molecule has 2 N–H and O–H groups in total. The number of likely N-dealkylation sites (N-methyl/N-ethyl adjacent to an activating group) is 1. The highest BCUT2D eigenvalue weighted by Gasteiger charge is 2.20. The van der Waals surface area contributed by atoms with Crippen LogP contribution in [0.1, 0.15) is 26.7 Å². The second-order valence-corrected chi connectivity index (χ2v) is 6.24. The van der Waals surface area contributed by atoms with Crippen LogP contribution < -0.4 is 15.4 Å². The monoisotopic (exact) mass is 464 g/mol. The minimum absolute atomic E-state index is 0. The fourth-order valence-electron chi connectivity index (χ4n) is 2.81. The summed E-state index contributed by atoms with van der Waals surface area (Å²) in [6, 6.07) is 7.00. The largest absolute Gasteiger partial charge is 0.486 e. The first kappa shape index (κ1) is 22.0. The molecule has 142 valence electrons. The highest BCUT2D eigenvalue weighted by Crippen LogP contribution is 2.17. The Hall–Kier alpha value is -1.09. The van der Waals surface area contributed by atoms with Gasteiger partial charge in [-0.15, -0.1) is 24.0 Å². The van der Waals surface area contributed by atoms with Gasteiger partial charge in [-0.1, -0.05) is 12.1 Å². The molecule has 25 heavy (non-hydrogen) atoms. The molecule has 2 unspecified atom stereocenters. The van der Waals surface area contributed by atoms with E-state index in [-0.39, 0.29) is 41.6 Å². The van der Waals surface area contributed by atoms with E-state index in [9.17, 15) is 4.39 Å². The van der Waals surface area contributed by atoms with Crippen molar-refractivity contribution in [1.29, 1.82) is 0 Å². The van der Waals surface area contributed by atoms with Crippen LogP contribution in [-0.4, -0.2) is 56.2 Å². The zero-order chi connectivity index (χ0) is 17.4. The number of guanidine groups is 1. The second kappa shape index (κ2) is 11.5. The highest BCUT2D eigenvalue weighted by atomic mass is 127. The van der Waals surface area contributed by atoms with Gasteiger partial charge in [0.15, 0.2) is 17.5 Å². The van der Waals surface area contributed by atoms with Crippen LogP contribution in [0, 0.1) is 5.82 Å². The number of hydrogen-bond acceptors (Lipinski definition) is 3. The minimum Gasteiger partial charge on any atom is -0.486 e. The van der Waals surface area contributed by atoms with Gasteiger partial charge in [0.2, 0.25) is 0 Å². The molecule has 0 amide bonds. The molecule has 2 rings (SSSR count). The van der Waals surface area contributed by atoms with Crippen molar-refractivity contribution in [3.05, 3.63) is 30.1 Å². The number of rotatable bonds is 7. The summed E-state index contributed by atoms with van der Waals surface area (Å²) in [5.41, 5.74) is 0.